The summed E-state index contributed by atoms with van der Waals surface area (Å²) in [6, 6.07) is 18.7. The van der Waals surface area contributed by atoms with Crippen LogP contribution in [-0.4, -0.2) is 87.8 Å². The Morgan fingerprint density at radius 1 is 0.769 bits per heavy atom. The summed E-state index contributed by atoms with van der Waals surface area (Å²) < 4.78 is 4.68. The molecule has 13 nitrogen and oxygen atoms in total. The van der Waals surface area contributed by atoms with Gasteiger partial charge >= 0.3 is 6.09 Å². The normalized spacial score (nSPS) is 17.5. The monoisotopic (exact) mass is 705 g/mol. The lowest BCUT2D eigenvalue weighted by Gasteiger charge is -2.30. The van der Waals surface area contributed by atoms with E-state index in [0.717, 1.165) is 33.9 Å². The van der Waals surface area contributed by atoms with Crippen molar-refractivity contribution in [3.8, 4) is 11.1 Å². The second kappa shape index (κ2) is 16.0. The van der Waals surface area contributed by atoms with Crippen molar-refractivity contribution >= 4 is 52.1 Å². The van der Waals surface area contributed by atoms with E-state index in [-0.39, 0.29) is 36.0 Å². The first-order valence-corrected chi connectivity index (χ1v) is 17.6. The van der Waals surface area contributed by atoms with Crippen LogP contribution in [0, 0.1) is 5.92 Å². The molecule has 13 heteroatoms. The fraction of sp³-hybridized carbons (Fsp3) is 0.359. The van der Waals surface area contributed by atoms with Crippen molar-refractivity contribution in [3.05, 3.63) is 84.7 Å². The zero-order chi connectivity index (χ0) is 36.8. The number of nitrogens with zero attached hydrogens (tertiary/aromatic N) is 4. The molecule has 6 rings (SSSR count). The number of hydrogen-bond donors (Lipinski definition) is 3. The molecule has 2 fully saturated rings. The Kier molecular flexibility index (Phi) is 11.1. The highest BCUT2D eigenvalue weighted by Gasteiger charge is 2.39. The summed E-state index contributed by atoms with van der Waals surface area (Å²) in [6.07, 6.45) is 5.43. The standard InChI is InChI=1S/C39H43N7O6/c1-24(2)35(44-39(51)52-3)38(50)46-18-8-12-31(46)37(49)42-32-16-15-27(22-40-32)26-13-14-28-23-41-33(21-29(28)20-26)43-36(48)30-11-7-17-45(30)34(47)19-25-9-5-4-6-10-25/h4-6,9-10,13-16,20-24,30-31,35H,7-8,11-12,17-19H2,1-3H3,(H,44,51)(H,40,42,49)(H,41,43,48)/t30-,31-,35-/m0/s1. The summed E-state index contributed by atoms with van der Waals surface area (Å²) in [7, 11) is 1.24. The van der Waals surface area contributed by atoms with E-state index >= 15 is 0 Å². The molecule has 5 amide bonds. The molecule has 0 saturated carbocycles. The number of likely N-dealkylation sites (tertiary alicyclic amines) is 2. The summed E-state index contributed by atoms with van der Waals surface area (Å²) in [6.45, 7) is 4.59. The van der Waals surface area contributed by atoms with Gasteiger partial charge in [-0.2, -0.15) is 0 Å². The van der Waals surface area contributed by atoms with E-state index in [9.17, 15) is 24.0 Å². The number of amides is 5. The number of pyridine rings is 2. The minimum Gasteiger partial charge on any atom is -0.453 e. The van der Waals surface area contributed by atoms with Gasteiger partial charge in [0.15, 0.2) is 0 Å². The van der Waals surface area contributed by atoms with Gasteiger partial charge in [-0.1, -0.05) is 56.3 Å². The van der Waals surface area contributed by atoms with E-state index in [4.69, 9.17) is 0 Å². The predicted octanol–water partition coefficient (Wildman–Crippen LogP) is 4.78. The number of anilines is 2. The third-order valence-electron chi connectivity index (χ3n) is 9.63. The molecule has 2 aliphatic rings. The van der Waals surface area contributed by atoms with Crippen LogP contribution in [0.1, 0.15) is 45.1 Å². The van der Waals surface area contributed by atoms with Crippen LogP contribution in [0.15, 0.2) is 79.1 Å². The zero-order valence-corrected chi connectivity index (χ0v) is 29.5. The van der Waals surface area contributed by atoms with Gasteiger partial charge < -0.3 is 30.5 Å². The first-order valence-electron chi connectivity index (χ1n) is 17.6. The van der Waals surface area contributed by atoms with Crippen molar-refractivity contribution in [2.75, 3.05) is 30.8 Å². The Bertz CT molecular complexity index is 1950. The van der Waals surface area contributed by atoms with Gasteiger partial charge in [-0.05, 0) is 72.4 Å². The van der Waals surface area contributed by atoms with Gasteiger partial charge in [0.1, 0.15) is 29.8 Å². The van der Waals surface area contributed by atoms with Gasteiger partial charge in [0.05, 0.1) is 13.5 Å². The fourth-order valence-corrected chi connectivity index (χ4v) is 6.84. The summed E-state index contributed by atoms with van der Waals surface area (Å²) in [5.41, 5.74) is 2.60. The molecule has 270 valence electrons. The Balaban J connectivity index is 1.09. The SMILES string of the molecule is COC(=O)N[C@H](C(=O)N1CCC[C@H]1C(=O)Nc1ccc(-c2ccc3cnc(NC(=O)[C@@H]4CCCN4C(=O)Cc4ccccc4)cc3c2)cn1)C(C)C. The number of aromatic nitrogens is 2. The van der Waals surface area contributed by atoms with Gasteiger partial charge in [0, 0.05) is 36.4 Å². The Morgan fingerprint density at radius 2 is 1.42 bits per heavy atom. The summed E-state index contributed by atoms with van der Waals surface area (Å²) in [4.78, 5) is 77.0. The fourth-order valence-electron chi connectivity index (χ4n) is 6.84. The van der Waals surface area contributed by atoms with E-state index in [1.807, 2.05) is 74.5 Å². The quantitative estimate of drug-likeness (QED) is 0.212. The molecule has 0 bridgehead atoms. The molecule has 2 saturated heterocycles. The van der Waals surface area contributed by atoms with Crippen LogP contribution in [0.5, 0.6) is 0 Å². The maximum absolute atomic E-state index is 13.3. The highest BCUT2D eigenvalue weighted by molar-refractivity contribution is 6.00. The number of rotatable bonds is 10. The highest BCUT2D eigenvalue weighted by atomic mass is 16.5. The maximum atomic E-state index is 13.3. The summed E-state index contributed by atoms with van der Waals surface area (Å²) in [5.74, 6) is -0.462. The average molecular weight is 706 g/mol. The molecule has 52 heavy (non-hydrogen) atoms. The van der Waals surface area contributed by atoms with Gasteiger partial charge in [-0.15, -0.1) is 0 Å². The average Bonchev–Trinajstić information content (AvgIpc) is 3.85. The minimum absolute atomic E-state index is 0.0699. The first kappa shape index (κ1) is 36.0. The molecule has 0 unspecified atom stereocenters. The molecular formula is C39H43N7O6. The molecular weight excluding hydrogens is 662 g/mol. The lowest BCUT2D eigenvalue weighted by Crippen LogP contribution is -2.54. The molecule has 4 heterocycles. The van der Waals surface area contributed by atoms with E-state index in [2.05, 4.69) is 30.7 Å². The number of alkyl carbamates (subject to hydrolysis) is 1. The number of methoxy groups -OCH3 is 1. The van der Waals surface area contributed by atoms with E-state index in [1.165, 1.54) is 12.0 Å². The maximum Gasteiger partial charge on any atom is 0.407 e. The lowest BCUT2D eigenvalue weighted by atomic mass is 10.0. The zero-order valence-electron chi connectivity index (χ0n) is 29.5. The van der Waals surface area contributed by atoms with Gasteiger partial charge in [-0.3, -0.25) is 19.2 Å². The van der Waals surface area contributed by atoms with Crippen molar-refractivity contribution in [3.63, 3.8) is 0 Å². The van der Waals surface area contributed by atoms with Crippen LogP contribution in [0.25, 0.3) is 21.9 Å². The Hall–Kier alpha value is -5.85. The number of hydrogen-bond acceptors (Lipinski definition) is 8. The highest BCUT2D eigenvalue weighted by Crippen LogP contribution is 2.27. The first-order chi connectivity index (χ1) is 25.1. The van der Waals surface area contributed by atoms with Gasteiger partial charge in [0.2, 0.25) is 23.6 Å². The number of nitrogens with one attached hydrogen (secondary N) is 3. The van der Waals surface area contributed by atoms with Crippen molar-refractivity contribution in [2.24, 2.45) is 5.92 Å². The van der Waals surface area contributed by atoms with Crippen molar-refractivity contribution < 1.29 is 28.7 Å². The molecule has 0 spiro atoms. The third-order valence-corrected chi connectivity index (χ3v) is 9.63. The van der Waals surface area contributed by atoms with Crippen LogP contribution in [0.3, 0.4) is 0 Å². The van der Waals surface area contributed by atoms with E-state index < -0.39 is 24.2 Å². The summed E-state index contributed by atoms with van der Waals surface area (Å²) >= 11 is 0. The van der Waals surface area contributed by atoms with Crippen LogP contribution in [-0.2, 0) is 30.3 Å². The predicted molar refractivity (Wildman–Crippen MR) is 196 cm³/mol. The number of benzene rings is 2. The molecule has 4 aromatic rings. The smallest absolute Gasteiger partial charge is 0.407 e. The molecule has 2 aromatic heterocycles. The lowest BCUT2D eigenvalue weighted by molar-refractivity contribution is -0.139. The molecule has 3 atom stereocenters. The number of ether oxygens (including phenoxy) is 1. The van der Waals surface area contributed by atoms with E-state index in [1.54, 1.807) is 23.4 Å². The second-order valence-corrected chi connectivity index (χ2v) is 13.5. The molecule has 0 radical (unpaired) electrons. The third kappa shape index (κ3) is 8.20. The molecule has 2 aliphatic heterocycles. The van der Waals surface area contributed by atoms with E-state index in [0.29, 0.717) is 44.0 Å². The van der Waals surface area contributed by atoms with Crippen LogP contribution >= 0.6 is 0 Å². The topological polar surface area (TPSA) is 163 Å². The molecule has 2 aromatic carbocycles. The molecule has 0 aliphatic carbocycles. The van der Waals surface area contributed by atoms with Crippen LogP contribution in [0.2, 0.25) is 0 Å². The van der Waals surface area contributed by atoms with Crippen molar-refractivity contribution in [2.45, 2.75) is 64.1 Å². The molecule has 3 N–H and O–H groups in total. The number of carbonyl (C=O) groups is 5. The Labute approximate surface area is 302 Å². The minimum atomic E-state index is -0.818. The summed E-state index contributed by atoms with van der Waals surface area (Å²) in [5, 5.41) is 10.1. The number of carbonyl (C=O) groups excluding carboxylic acids is 5. The van der Waals surface area contributed by atoms with Crippen molar-refractivity contribution in [1.29, 1.82) is 0 Å². The Morgan fingerprint density at radius 3 is 2.10 bits per heavy atom. The second-order valence-electron chi connectivity index (χ2n) is 13.5. The van der Waals surface area contributed by atoms with Gasteiger partial charge in [0.25, 0.3) is 0 Å². The number of fused-ring (bicyclic) bond motifs is 1. The van der Waals surface area contributed by atoms with Crippen LogP contribution < -0.4 is 16.0 Å². The van der Waals surface area contributed by atoms with Crippen molar-refractivity contribution in [1.82, 2.24) is 25.1 Å². The van der Waals surface area contributed by atoms with Crippen LogP contribution in [0.4, 0.5) is 16.4 Å². The largest absolute Gasteiger partial charge is 0.453 e. The van der Waals surface area contributed by atoms with Gasteiger partial charge in [-0.25, -0.2) is 14.8 Å².